The molecule has 4 saturated carbocycles. The maximum atomic E-state index is 9.54. The molecule has 1 unspecified atom stereocenters. The van der Waals surface area contributed by atoms with E-state index < -0.39 is 0 Å². The number of anilines is 2. The first-order valence-corrected chi connectivity index (χ1v) is 11.7. The number of benzene rings is 1. The average Bonchev–Trinajstić information content (AvgIpc) is 2.77. The van der Waals surface area contributed by atoms with E-state index in [0.29, 0.717) is 47.2 Å². The maximum absolute atomic E-state index is 9.54. The lowest BCUT2D eigenvalue weighted by Crippen LogP contribution is -2.58. The van der Waals surface area contributed by atoms with Crippen LogP contribution in [0.5, 0.6) is 0 Å². The first-order valence-electron chi connectivity index (χ1n) is 11.3. The summed E-state index contributed by atoms with van der Waals surface area (Å²) < 4.78 is 0. The number of nitrogens with zero attached hydrogens (tertiary/aromatic N) is 3. The summed E-state index contributed by atoms with van der Waals surface area (Å²) in [5, 5.41) is 17.1. The van der Waals surface area contributed by atoms with Gasteiger partial charge >= 0.3 is 0 Å². The second-order valence-electron chi connectivity index (χ2n) is 9.74. The SMILES string of the molecule is N#Cc1cnc(NCCc2ccccc2Cl)nc1NC[C@]12CC3C[C@H](C1)[C@@H](N)[C@@H](C3)C2. The van der Waals surface area contributed by atoms with Gasteiger partial charge in [-0.2, -0.15) is 10.2 Å². The number of nitrogens with one attached hydrogen (secondary N) is 2. The van der Waals surface area contributed by atoms with Crippen molar-refractivity contribution < 1.29 is 0 Å². The molecule has 31 heavy (non-hydrogen) atoms. The molecule has 4 aliphatic rings. The highest BCUT2D eigenvalue weighted by molar-refractivity contribution is 6.31. The third-order valence-corrected chi connectivity index (χ3v) is 8.02. The first-order chi connectivity index (χ1) is 15.0. The molecular weight excluding hydrogens is 408 g/mol. The molecule has 1 heterocycles. The summed E-state index contributed by atoms with van der Waals surface area (Å²) in [6.07, 6.45) is 8.65. The van der Waals surface area contributed by atoms with Crippen LogP contribution in [0.15, 0.2) is 30.5 Å². The van der Waals surface area contributed by atoms with E-state index in [1.165, 1.54) is 32.1 Å². The summed E-state index contributed by atoms with van der Waals surface area (Å²) in [7, 11) is 0. The summed E-state index contributed by atoms with van der Waals surface area (Å²) in [6, 6.07) is 10.4. The second-order valence-corrected chi connectivity index (χ2v) is 10.1. The summed E-state index contributed by atoms with van der Waals surface area (Å²) in [6.45, 7) is 1.52. The van der Waals surface area contributed by atoms with E-state index in [-0.39, 0.29) is 0 Å². The van der Waals surface area contributed by atoms with Crippen LogP contribution in [-0.2, 0) is 6.42 Å². The van der Waals surface area contributed by atoms with Crippen LogP contribution in [0.1, 0.15) is 43.2 Å². The minimum Gasteiger partial charge on any atom is -0.368 e. The first kappa shape index (κ1) is 20.5. The van der Waals surface area contributed by atoms with E-state index in [0.717, 1.165) is 29.5 Å². The van der Waals surface area contributed by atoms with Crippen LogP contribution in [-0.4, -0.2) is 29.1 Å². The van der Waals surface area contributed by atoms with Crippen molar-refractivity contribution in [1.29, 1.82) is 5.26 Å². The summed E-state index contributed by atoms with van der Waals surface area (Å²) in [4.78, 5) is 8.93. The number of nitriles is 1. The van der Waals surface area contributed by atoms with Gasteiger partial charge in [0, 0.05) is 24.2 Å². The molecule has 0 spiro atoms. The van der Waals surface area contributed by atoms with Crippen molar-refractivity contribution in [3.8, 4) is 6.07 Å². The number of hydrogen-bond donors (Lipinski definition) is 3. The molecule has 4 N–H and O–H groups in total. The summed E-state index contributed by atoms with van der Waals surface area (Å²) in [5.41, 5.74) is 8.36. The van der Waals surface area contributed by atoms with Gasteiger partial charge in [-0.05, 0) is 73.3 Å². The van der Waals surface area contributed by atoms with Crippen LogP contribution in [0.2, 0.25) is 5.02 Å². The van der Waals surface area contributed by atoms with Gasteiger partial charge < -0.3 is 16.4 Å². The number of nitrogens with two attached hydrogens (primary N) is 1. The van der Waals surface area contributed by atoms with E-state index in [1.54, 1.807) is 6.20 Å². The fourth-order valence-electron chi connectivity index (χ4n) is 6.41. The zero-order chi connectivity index (χ0) is 21.4. The third-order valence-electron chi connectivity index (χ3n) is 7.65. The van der Waals surface area contributed by atoms with Crippen molar-refractivity contribution in [1.82, 2.24) is 9.97 Å². The zero-order valence-electron chi connectivity index (χ0n) is 17.6. The molecule has 4 bridgehead atoms. The number of aromatic nitrogens is 2. The van der Waals surface area contributed by atoms with Gasteiger partial charge in [-0.1, -0.05) is 29.8 Å². The minimum absolute atomic E-state index is 0.293. The minimum atomic E-state index is 0.293. The summed E-state index contributed by atoms with van der Waals surface area (Å²) in [5.74, 6) is 3.30. The van der Waals surface area contributed by atoms with Crippen molar-refractivity contribution in [2.45, 2.75) is 44.6 Å². The fourth-order valence-corrected chi connectivity index (χ4v) is 6.64. The highest BCUT2D eigenvalue weighted by Crippen LogP contribution is 2.59. The molecule has 0 amide bonds. The van der Waals surface area contributed by atoms with Gasteiger partial charge in [0.15, 0.2) is 0 Å². The lowest BCUT2D eigenvalue weighted by molar-refractivity contribution is -0.0591. The molecule has 5 atom stereocenters. The molecule has 1 aromatic carbocycles. The van der Waals surface area contributed by atoms with Crippen LogP contribution in [0.3, 0.4) is 0 Å². The van der Waals surface area contributed by atoms with Crippen LogP contribution >= 0.6 is 11.6 Å². The van der Waals surface area contributed by atoms with Gasteiger partial charge in [-0.25, -0.2) is 4.98 Å². The van der Waals surface area contributed by atoms with Crippen molar-refractivity contribution in [2.24, 2.45) is 28.9 Å². The molecule has 0 radical (unpaired) electrons. The van der Waals surface area contributed by atoms with Crippen LogP contribution < -0.4 is 16.4 Å². The Labute approximate surface area is 188 Å². The van der Waals surface area contributed by atoms with Crippen molar-refractivity contribution >= 4 is 23.4 Å². The fraction of sp³-hybridized carbons (Fsp3) is 0.542. The van der Waals surface area contributed by atoms with Crippen molar-refractivity contribution in [3.05, 3.63) is 46.6 Å². The van der Waals surface area contributed by atoms with E-state index in [1.807, 2.05) is 24.3 Å². The lowest BCUT2D eigenvalue weighted by atomic mass is 9.48. The molecule has 6 rings (SSSR count). The lowest BCUT2D eigenvalue weighted by Gasteiger charge is -2.59. The Morgan fingerprint density at radius 2 is 1.94 bits per heavy atom. The Morgan fingerprint density at radius 1 is 1.16 bits per heavy atom. The van der Waals surface area contributed by atoms with E-state index in [9.17, 15) is 5.26 Å². The predicted molar refractivity (Wildman–Crippen MR) is 123 cm³/mol. The monoisotopic (exact) mass is 436 g/mol. The van der Waals surface area contributed by atoms with Gasteiger partial charge in [0.1, 0.15) is 17.5 Å². The Hall–Kier alpha value is -2.36. The van der Waals surface area contributed by atoms with E-state index in [2.05, 4.69) is 26.7 Å². The zero-order valence-corrected chi connectivity index (χ0v) is 18.4. The Balaban J connectivity index is 1.24. The molecule has 6 nitrogen and oxygen atoms in total. The van der Waals surface area contributed by atoms with Gasteiger partial charge in [0.25, 0.3) is 0 Å². The molecule has 1 aromatic heterocycles. The van der Waals surface area contributed by atoms with Gasteiger partial charge in [-0.15, -0.1) is 0 Å². The molecule has 4 aliphatic carbocycles. The number of halogens is 1. The molecular formula is C24H29ClN6. The maximum Gasteiger partial charge on any atom is 0.224 e. The molecule has 7 heteroatoms. The summed E-state index contributed by atoms with van der Waals surface area (Å²) >= 11 is 6.24. The number of hydrogen-bond acceptors (Lipinski definition) is 6. The highest BCUT2D eigenvalue weighted by atomic mass is 35.5. The smallest absolute Gasteiger partial charge is 0.224 e. The van der Waals surface area contributed by atoms with Gasteiger partial charge in [0.2, 0.25) is 5.95 Å². The molecule has 0 saturated heterocycles. The Morgan fingerprint density at radius 3 is 2.68 bits per heavy atom. The number of rotatable bonds is 7. The van der Waals surface area contributed by atoms with Crippen molar-refractivity contribution in [3.63, 3.8) is 0 Å². The quantitative estimate of drug-likeness (QED) is 0.600. The van der Waals surface area contributed by atoms with Crippen LogP contribution in [0.4, 0.5) is 11.8 Å². The third kappa shape index (κ3) is 4.09. The molecule has 4 fully saturated rings. The average molecular weight is 437 g/mol. The van der Waals surface area contributed by atoms with Crippen LogP contribution in [0, 0.1) is 34.5 Å². The second kappa shape index (κ2) is 8.29. The molecule has 162 valence electrons. The van der Waals surface area contributed by atoms with Crippen molar-refractivity contribution in [2.75, 3.05) is 23.7 Å². The normalized spacial score (nSPS) is 30.7. The Bertz CT molecular complexity index is 986. The molecule has 0 aliphatic heterocycles. The Kier molecular flexibility index (Phi) is 5.49. The van der Waals surface area contributed by atoms with Gasteiger partial charge in [-0.3, -0.25) is 0 Å². The highest BCUT2D eigenvalue weighted by Gasteiger charge is 2.54. The van der Waals surface area contributed by atoms with E-state index in [4.69, 9.17) is 17.3 Å². The molecule has 2 aromatic rings. The van der Waals surface area contributed by atoms with E-state index >= 15 is 0 Å². The largest absolute Gasteiger partial charge is 0.368 e. The van der Waals surface area contributed by atoms with Gasteiger partial charge in [0.05, 0.1) is 6.20 Å². The standard InChI is InChI=1S/C24H29ClN6/c25-20-4-2-1-3-16(20)5-6-28-23-29-13-19(12-26)22(31-23)30-14-24-9-15-7-17(10-24)21(27)18(8-15)11-24/h1-4,13,15,17-18,21H,5-11,14,27H2,(H2,28,29,30,31)/t15?,17-,18+,21-,24-. The van der Waals surface area contributed by atoms with Crippen LogP contribution in [0.25, 0.3) is 0 Å². The predicted octanol–water partition coefficient (Wildman–Crippen LogP) is 4.22. The topological polar surface area (TPSA) is 99.6 Å².